The first-order valence-electron chi connectivity index (χ1n) is 6.30. The fourth-order valence-corrected chi connectivity index (χ4v) is 2.00. The lowest BCUT2D eigenvalue weighted by Gasteiger charge is -2.25. The first-order valence-corrected chi connectivity index (χ1v) is 6.30. The molecule has 1 nitrogen and oxygen atoms in total. The van der Waals surface area contributed by atoms with Crippen LogP contribution >= 0.6 is 0 Å². The molecule has 0 spiro atoms. The van der Waals surface area contributed by atoms with Gasteiger partial charge in [-0.1, -0.05) is 64.1 Å². The van der Waals surface area contributed by atoms with E-state index in [4.69, 9.17) is 0 Å². The molecule has 1 aromatic carbocycles. The molecule has 1 atom stereocenters. The number of aliphatic hydroxyl groups excluding tert-OH is 1. The second kappa shape index (κ2) is 5.50. The minimum absolute atomic E-state index is 0.0606. The van der Waals surface area contributed by atoms with Gasteiger partial charge in [0.25, 0.3) is 0 Å². The highest BCUT2D eigenvalue weighted by atomic mass is 16.3. The molecule has 1 aromatic rings. The number of hydrogen-bond donors (Lipinski definition) is 1. The highest BCUT2D eigenvalue weighted by molar-refractivity contribution is 5.34. The van der Waals surface area contributed by atoms with E-state index in [1.54, 1.807) is 0 Å². The Morgan fingerprint density at radius 1 is 1.29 bits per heavy atom. The van der Waals surface area contributed by atoms with Crippen LogP contribution < -0.4 is 0 Å². The average Bonchev–Trinajstić information content (AvgIpc) is 2.27. The van der Waals surface area contributed by atoms with E-state index >= 15 is 0 Å². The highest BCUT2D eigenvalue weighted by Crippen LogP contribution is 2.32. The number of benzene rings is 1. The molecule has 0 aliphatic heterocycles. The first-order chi connectivity index (χ1) is 7.86. The zero-order valence-electron chi connectivity index (χ0n) is 11.5. The molecule has 1 unspecified atom stereocenters. The third kappa shape index (κ3) is 3.71. The van der Waals surface area contributed by atoms with Crippen LogP contribution in [0.4, 0.5) is 0 Å². The Kier molecular flexibility index (Phi) is 4.53. The molecule has 1 heteroatoms. The average molecular weight is 232 g/mol. The van der Waals surface area contributed by atoms with E-state index in [2.05, 4.69) is 40.3 Å². The summed E-state index contributed by atoms with van der Waals surface area (Å²) in [5.74, 6) is 0. The SMILES string of the molecule is C=C(CC)CC(O)c1ccccc1C(C)(C)C. The van der Waals surface area contributed by atoms with Crippen molar-refractivity contribution >= 4 is 0 Å². The summed E-state index contributed by atoms with van der Waals surface area (Å²) in [5, 5.41) is 10.3. The minimum atomic E-state index is -0.433. The van der Waals surface area contributed by atoms with Gasteiger partial charge in [-0.05, 0) is 29.4 Å². The van der Waals surface area contributed by atoms with Crippen molar-refractivity contribution in [3.05, 3.63) is 47.5 Å². The molecule has 0 radical (unpaired) electrons. The van der Waals surface area contributed by atoms with Gasteiger partial charge in [0, 0.05) is 0 Å². The predicted octanol–water partition coefficient (Wildman–Crippen LogP) is 4.37. The molecule has 0 saturated carbocycles. The lowest BCUT2D eigenvalue weighted by atomic mass is 9.81. The Bertz CT molecular complexity index is 385. The van der Waals surface area contributed by atoms with Crippen LogP contribution in [0.5, 0.6) is 0 Å². The van der Waals surface area contributed by atoms with Gasteiger partial charge in [-0.25, -0.2) is 0 Å². The highest BCUT2D eigenvalue weighted by Gasteiger charge is 2.21. The molecule has 0 aromatic heterocycles. The van der Waals surface area contributed by atoms with Crippen LogP contribution in [0.3, 0.4) is 0 Å². The molecule has 0 amide bonds. The van der Waals surface area contributed by atoms with Gasteiger partial charge >= 0.3 is 0 Å². The Balaban J connectivity index is 3.01. The Labute approximate surface area is 105 Å². The van der Waals surface area contributed by atoms with Crippen LogP contribution in [-0.4, -0.2) is 5.11 Å². The van der Waals surface area contributed by atoms with Crippen molar-refractivity contribution in [2.45, 2.75) is 52.1 Å². The summed E-state index contributed by atoms with van der Waals surface area (Å²) >= 11 is 0. The van der Waals surface area contributed by atoms with Gasteiger partial charge in [0.15, 0.2) is 0 Å². The third-order valence-electron chi connectivity index (χ3n) is 3.11. The van der Waals surface area contributed by atoms with Crippen LogP contribution in [0.2, 0.25) is 0 Å². The minimum Gasteiger partial charge on any atom is -0.388 e. The lowest BCUT2D eigenvalue weighted by molar-refractivity contribution is 0.175. The molecule has 17 heavy (non-hydrogen) atoms. The van der Waals surface area contributed by atoms with Crippen molar-refractivity contribution in [1.29, 1.82) is 0 Å². The largest absolute Gasteiger partial charge is 0.388 e. The van der Waals surface area contributed by atoms with Gasteiger partial charge in [0.2, 0.25) is 0 Å². The summed E-state index contributed by atoms with van der Waals surface area (Å²) in [6, 6.07) is 8.15. The van der Waals surface area contributed by atoms with Crippen molar-refractivity contribution in [2.24, 2.45) is 0 Å². The molecule has 0 saturated heterocycles. The van der Waals surface area contributed by atoms with Crippen molar-refractivity contribution in [3.63, 3.8) is 0 Å². The molecule has 94 valence electrons. The van der Waals surface area contributed by atoms with Gasteiger partial charge in [-0.15, -0.1) is 0 Å². The smallest absolute Gasteiger partial charge is 0.0829 e. The lowest BCUT2D eigenvalue weighted by Crippen LogP contribution is -2.16. The van der Waals surface area contributed by atoms with Crippen molar-refractivity contribution < 1.29 is 5.11 Å². The summed E-state index contributed by atoms with van der Waals surface area (Å²) in [7, 11) is 0. The van der Waals surface area contributed by atoms with Gasteiger partial charge in [-0.2, -0.15) is 0 Å². The van der Waals surface area contributed by atoms with Gasteiger partial charge < -0.3 is 5.11 Å². The normalized spacial score (nSPS) is 13.5. The number of hydrogen-bond acceptors (Lipinski definition) is 1. The summed E-state index contributed by atoms with van der Waals surface area (Å²) < 4.78 is 0. The maximum absolute atomic E-state index is 10.3. The molecule has 0 fully saturated rings. The van der Waals surface area contributed by atoms with Crippen LogP contribution in [0.1, 0.15) is 57.8 Å². The first kappa shape index (κ1) is 14.0. The summed E-state index contributed by atoms with van der Waals surface area (Å²) in [6.45, 7) is 12.6. The van der Waals surface area contributed by atoms with Gasteiger partial charge in [0.1, 0.15) is 0 Å². The van der Waals surface area contributed by atoms with E-state index < -0.39 is 6.10 Å². The van der Waals surface area contributed by atoms with Crippen molar-refractivity contribution in [1.82, 2.24) is 0 Å². The van der Waals surface area contributed by atoms with E-state index in [0.717, 1.165) is 17.6 Å². The van der Waals surface area contributed by atoms with E-state index in [0.29, 0.717) is 6.42 Å². The van der Waals surface area contributed by atoms with Crippen LogP contribution in [0.25, 0.3) is 0 Å². The van der Waals surface area contributed by atoms with Crippen molar-refractivity contribution in [2.75, 3.05) is 0 Å². The quantitative estimate of drug-likeness (QED) is 0.764. The molecule has 1 N–H and O–H groups in total. The van der Waals surface area contributed by atoms with Gasteiger partial charge in [0.05, 0.1) is 6.10 Å². The fraction of sp³-hybridized carbons (Fsp3) is 0.500. The summed E-state index contributed by atoms with van der Waals surface area (Å²) in [6.07, 6.45) is 1.15. The molecular formula is C16H24O. The van der Waals surface area contributed by atoms with E-state index in [1.807, 2.05) is 18.2 Å². The standard InChI is InChI=1S/C16H24O/c1-6-12(2)11-15(17)13-9-7-8-10-14(13)16(3,4)5/h7-10,15,17H,2,6,11H2,1,3-5H3. The molecule has 0 bridgehead atoms. The fourth-order valence-electron chi connectivity index (χ4n) is 2.00. The Hall–Kier alpha value is -1.08. The zero-order valence-corrected chi connectivity index (χ0v) is 11.5. The number of rotatable bonds is 4. The summed E-state index contributed by atoms with van der Waals surface area (Å²) in [4.78, 5) is 0. The second-order valence-electron chi connectivity index (χ2n) is 5.66. The van der Waals surface area contributed by atoms with E-state index in [9.17, 15) is 5.11 Å². The maximum Gasteiger partial charge on any atom is 0.0829 e. The zero-order chi connectivity index (χ0) is 13.1. The molecule has 0 aliphatic rings. The van der Waals surface area contributed by atoms with E-state index in [1.165, 1.54) is 5.56 Å². The Morgan fingerprint density at radius 2 is 1.88 bits per heavy atom. The maximum atomic E-state index is 10.3. The van der Waals surface area contributed by atoms with E-state index in [-0.39, 0.29) is 5.41 Å². The molecule has 1 rings (SSSR count). The summed E-state index contributed by atoms with van der Waals surface area (Å²) in [5.41, 5.74) is 3.41. The van der Waals surface area contributed by atoms with Gasteiger partial charge in [-0.3, -0.25) is 0 Å². The molecular weight excluding hydrogens is 208 g/mol. The van der Waals surface area contributed by atoms with Crippen LogP contribution in [0.15, 0.2) is 36.4 Å². The topological polar surface area (TPSA) is 20.2 Å². The Morgan fingerprint density at radius 3 is 2.41 bits per heavy atom. The molecule has 0 aliphatic carbocycles. The van der Waals surface area contributed by atoms with Crippen molar-refractivity contribution in [3.8, 4) is 0 Å². The molecule has 0 heterocycles. The predicted molar refractivity (Wildman–Crippen MR) is 74.1 cm³/mol. The third-order valence-corrected chi connectivity index (χ3v) is 3.11. The number of aliphatic hydroxyl groups is 1. The monoisotopic (exact) mass is 232 g/mol. The second-order valence-corrected chi connectivity index (χ2v) is 5.66. The van der Waals surface area contributed by atoms with Crippen LogP contribution in [-0.2, 0) is 5.41 Å². The van der Waals surface area contributed by atoms with Crippen LogP contribution in [0, 0.1) is 0 Å².